The lowest BCUT2D eigenvalue weighted by atomic mass is 9.94. The molecular formula is C29H23F4N3O6. The van der Waals surface area contributed by atoms with Gasteiger partial charge in [-0.25, -0.2) is 14.0 Å². The Morgan fingerprint density at radius 2 is 1.74 bits per heavy atom. The number of halogens is 4. The maximum absolute atomic E-state index is 15.8. The number of pyridine rings is 1. The monoisotopic (exact) mass is 585 g/mol. The molecule has 7 rings (SSSR count). The predicted octanol–water partition coefficient (Wildman–Crippen LogP) is 4.91. The molecule has 42 heavy (non-hydrogen) atoms. The highest BCUT2D eigenvalue weighted by Crippen LogP contribution is 2.48. The van der Waals surface area contributed by atoms with Gasteiger partial charge in [-0.15, -0.1) is 0 Å². The molecule has 0 aliphatic carbocycles. The van der Waals surface area contributed by atoms with E-state index in [9.17, 15) is 27.9 Å². The third-order valence-corrected chi connectivity index (χ3v) is 7.86. The molecule has 1 aromatic heterocycles. The Morgan fingerprint density at radius 1 is 1.05 bits per heavy atom. The van der Waals surface area contributed by atoms with Crippen molar-refractivity contribution in [3.8, 4) is 17.2 Å². The maximum atomic E-state index is 15.8. The van der Waals surface area contributed by atoms with Crippen LogP contribution in [0.4, 0.5) is 23.2 Å². The van der Waals surface area contributed by atoms with E-state index in [1.807, 2.05) is 41.3 Å². The van der Waals surface area contributed by atoms with Gasteiger partial charge >= 0.3 is 18.1 Å². The van der Waals surface area contributed by atoms with E-state index in [4.69, 9.17) is 14.6 Å². The highest BCUT2D eigenvalue weighted by Gasteiger charge is 2.39. The van der Waals surface area contributed by atoms with Gasteiger partial charge in [-0.1, -0.05) is 24.3 Å². The van der Waals surface area contributed by atoms with Crippen molar-refractivity contribution in [2.45, 2.75) is 25.1 Å². The second kappa shape index (κ2) is 10.0. The summed E-state index contributed by atoms with van der Waals surface area (Å²) in [6.45, 7) is 2.29. The lowest BCUT2D eigenvalue weighted by molar-refractivity contribution is -0.192. The topological polar surface area (TPSA) is 121 Å². The van der Waals surface area contributed by atoms with Crippen molar-refractivity contribution in [2.24, 2.45) is 5.92 Å². The Morgan fingerprint density at radius 3 is 2.38 bits per heavy atom. The number of carbonyl (C=O) groups is 2. The van der Waals surface area contributed by atoms with Crippen LogP contribution in [0.2, 0.25) is 0 Å². The van der Waals surface area contributed by atoms with E-state index in [-0.39, 0.29) is 17.2 Å². The molecule has 0 saturated carbocycles. The van der Waals surface area contributed by atoms with Crippen LogP contribution in [0.1, 0.15) is 23.2 Å². The number of hydrogen-bond donors (Lipinski definition) is 3. The van der Waals surface area contributed by atoms with E-state index in [0.29, 0.717) is 41.6 Å². The molecule has 3 aliphatic rings. The number of aromatic carboxylic acids is 1. The molecular weight excluding hydrogens is 562 g/mol. The number of ether oxygens (including phenoxy) is 1. The summed E-state index contributed by atoms with van der Waals surface area (Å²) >= 11 is 0. The number of aromatic nitrogens is 1. The molecule has 0 bridgehead atoms. The molecule has 2 atom stereocenters. The van der Waals surface area contributed by atoms with Gasteiger partial charge in [-0.05, 0) is 54.3 Å². The fourth-order valence-electron chi connectivity index (χ4n) is 5.97. The Labute approximate surface area is 234 Å². The molecule has 13 heteroatoms. The van der Waals surface area contributed by atoms with Crippen LogP contribution in [0, 0.1) is 11.7 Å². The molecule has 4 aromatic rings. The highest BCUT2D eigenvalue weighted by atomic mass is 19.4. The number of carboxylic acid groups (broad SMARTS) is 2. The molecule has 2 saturated heterocycles. The van der Waals surface area contributed by atoms with E-state index in [2.05, 4.69) is 5.32 Å². The fourth-order valence-corrected chi connectivity index (χ4v) is 5.97. The standard InChI is InChI=1S/C27H22FN3O4.C2HF3O2/c28-19-10-17-23-26(24(19)30-11-16-6-3-7-29-20(16)13-30)35-22-9-15-5-2-1-4-14(15)8-21(22)31(23)12-18(25(17)32)27(33)34;3-2(4,5)1(6)7/h1-2,4-5,8-10,12,16,20,29H,3,6-7,11,13H2,(H,33,34);(H,6,7). The quantitative estimate of drug-likeness (QED) is 0.250. The van der Waals surface area contributed by atoms with Gasteiger partial charge in [0.2, 0.25) is 5.43 Å². The molecule has 9 nitrogen and oxygen atoms in total. The van der Waals surface area contributed by atoms with Crippen LogP contribution in [0.15, 0.2) is 53.5 Å². The summed E-state index contributed by atoms with van der Waals surface area (Å²) in [5, 5.41) is 22.3. The lowest BCUT2D eigenvalue weighted by Gasteiger charge is -2.29. The first kappa shape index (κ1) is 27.5. The maximum Gasteiger partial charge on any atom is 0.490 e. The minimum Gasteiger partial charge on any atom is -0.477 e. The second-order valence-corrected chi connectivity index (χ2v) is 10.4. The van der Waals surface area contributed by atoms with Crippen molar-refractivity contribution in [1.82, 2.24) is 9.88 Å². The zero-order valence-electron chi connectivity index (χ0n) is 21.7. The molecule has 2 unspecified atom stereocenters. The van der Waals surface area contributed by atoms with Crippen LogP contribution in [0.3, 0.4) is 0 Å². The van der Waals surface area contributed by atoms with E-state index in [1.165, 1.54) is 12.3 Å². The number of piperidine rings is 1. The summed E-state index contributed by atoms with van der Waals surface area (Å²) in [6.07, 6.45) is -1.57. The zero-order valence-corrected chi connectivity index (χ0v) is 21.7. The molecule has 3 aromatic carbocycles. The van der Waals surface area contributed by atoms with E-state index in [1.54, 1.807) is 4.57 Å². The molecule has 4 heterocycles. The third-order valence-electron chi connectivity index (χ3n) is 7.86. The number of nitrogens with zero attached hydrogens (tertiary/aromatic N) is 2. The van der Waals surface area contributed by atoms with Crippen molar-refractivity contribution in [3.05, 3.63) is 70.3 Å². The Bertz CT molecular complexity index is 1820. The molecule has 3 aliphatic heterocycles. The molecule has 0 spiro atoms. The van der Waals surface area contributed by atoms with Crippen LogP contribution in [-0.4, -0.2) is 58.6 Å². The normalized spacial score (nSPS) is 19.0. The van der Waals surface area contributed by atoms with E-state index >= 15 is 4.39 Å². The zero-order chi connectivity index (χ0) is 29.9. The van der Waals surface area contributed by atoms with Crippen LogP contribution in [0.25, 0.3) is 27.4 Å². The van der Waals surface area contributed by atoms with Crippen molar-refractivity contribution in [3.63, 3.8) is 0 Å². The van der Waals surface area contributed by atoms with Crippen LogP contribution in [0.5, 0.6) is 11.5 Å². The number of aliphatic carboxylic acids is 1. The van der Waals surface area contributed by atoms with Gasteiger partial charge in [-0.3, -0.25) is 4.79 Å². The summed E-state index contributed by atoms with van der Waals surface area (Å²) in [4.78, 5) is 35.9. The highest BCUT2D eigenvalue weighted by molar-refractivity contribution is 6.00. The van der Waals surface area contributed by atoms with Gasteiger partial charge in [0.1, 0.15) is 16.8 Å². The first-order valence-corrected chi connectivity index (χ1v) is 13.1. The van der Waals surface area contributed by atoms with Crippen molar-refractivity contribution < 1.29 is 42.1 Å². The summed E-state index contributed by atoms with van der Waals surface area (Å²) in [7, 11) is 0. The number of hydrogen-bond acceptors (Lipinski definition) is 6. The van der Waals surface area contributed by atoms with Gasteiger partial charge < -0.3 is 29.7 Å². The minimum absolute atomic E-state index is 0.00491. The number of alkyl halides is 3. The second-order valence-electron chi connectivity index (χ2n) is 10.4. The molecule has 2 fully saturated rings. The number of benzene rings is 3. The van der Waals surface area contributed by atoms with Crippen LogP contribution in [-0.2, 0) is 4.79 Å². The number of anilines is 1. The third kappa shape index (κ3) is 4.59. The summed E-state index contributed by atoms with van der Waals surface area (Å²) in [6, 6.07) is 13.0. The van der Waals surface area contributed by atoms with Crippen molar-refractivity contribution >= 4 is 39.3 Å². The number of carboxylic acids is 2. The average Bonchev–Trinajstić information content (AvgIpc) is 3.36. The summed E-state index contributed by atoms with van der Waals surface area (Å²) in [5.41, 5.74) is 0.191. The molecule has 3 N–H and O–H groups in total. The van der Waals surface area contributed by atoms with Gasteiger partial charge in [0.25, 0.3) is 0 Å². The van der Waals surface area contributed by atoms with Gasteiger partial charge in [0.05, 0.1) is 11.1 Å². The molecule has 218 valence electrons. The minimum atomic E-state index is -5.08. The lowest BCUT2D eigenvalue weighted by Crippen LogP contribution is -2.40. The molecule has 0 amide bonds. The average molecular weight is 586 g/mol. The number of nitrogens with one attached hydrogen (secondary N) is 1. The molecule has 0 radical (unpaired) electrons. The SMILES string of the molecule is O=C(O)C(F)(F)F.O=C(O)c1cn2c3c(c(N4CC5CCCNC5C4)c(F)cc3c1=O)Oc1cc3ccccc3cc1-2. The van der Waals surface area contributed by atoms with Gasteiger partial charge in [0.15, 0.2) is 17.3 Å². The van der Waals surface area contributed by atoms with E-state index in [0.717, 1.165) is 30.2 Å². The Hall–Kier alpha value is -4.65. The van der Waals surface area contributed by atoms with E-state index < -0.39 is 34.9 Å². The number of rotatable bonds is 2. The predicted molar refractivity (Wildman–Crippen MR) is 144 cm³/mol. The smallest absolute Gasteiger partial charge is 0.477 e. The van der Waals surface area contributed by atoms with Crippen LogP contribution < -0.4 is 20.4 Å². The van der Waals surface area contributed by atoms with Crippen LogP contribution >= 0.6 is 0 Å². The van der Waals surface area contributed by atoms with Crippen molar-refractivity contribution in [1.29, 1.82) is 0 Å². The number of fused-ring (bicyclic) bond motifs is 4. The van der Waals surface area contributed by atoms with Gasteiger partial charge in [-0.2, -0.15) is 13.2 Å². The fraction of sp³-hybridized carbons (Fsp3) is 0.276. The summed E-state index contributed by atoms with van der Waals surface area (Å²) < 4.78 is 55.5. The van der Waals surface area contributed by atoms with Gasteiger partial charge in [0, 0.05) is 25.3 Å². The Kier molecular flexibility index (Phi) is 6.56. The first-order chi connectivity index (χ1) is 19.9. The van der Waals surface area contributed by atoms with Crippen molar-refractivity contribution in [2.75, 3.05) is 24.5 Å². The largest absolute Gasteiger partial charge is 0.490 e. The first-order valence-electron chi connectivity index (χ1n) is 13.1. The Balaban J connectivity index is 0.000000405. The summed E-state index contributed by atoms with van der Waals surface area (Å²) in [5.74, 6) is -3.53.